The molecule has 3 aliphatic rings. The Morgan fingerprint density at radius 1 is 1.21 bits per heavy atom. The number of allylic oxidation sites excluding steroid dienone is 2. The number of alkyl carbamates (subject to hydrolysis) is 1. The molecule has 0 bridgehead atoms. The van der Waals surface area contributed by atoms with Gasteiger partial charge in [-0.3, -0.25) is 19.3 Å². The highest BCUT2D eigenvalue weighted by Crippen LogP contribution is 2.44. The van der Waals surface area contributed by atoms with Crippen LogP contribution in [0.25, 0.3) is 0 Å². The van der Waals surface area contributed by atoms with E-state index < -0.39 is 58.5 Å². The van der Waals surface area contributed by atoms with E-state index in [-0.39, 0.29) is 35.1 Å². The van der Waals surface area contributed by atoms with Gasteiger partial charge >= 0.3 is 18.0 Å². The van der Waals surface area contributed by atoms with E-state index in [2.05, 4.69) is 31.3 Å². The number of hydrogen-bond acceptors (Lipinski definition) is 11. The van der Waals surface area contributed by atoms with Gasteiger partial charge in [-0.15, -0.1) is 22.0 Å². The number of aliphatic carboxylic acids is 2. The van der Waals surface area contributed by atoms with Crippen LogP contribution in [0.4, 0.5) is 4.79 Å². The van der Waals surface area contributed by atoms with Crippen LogP contribution in [-0.4, -0.2) is 100 Å². The van der Waals surface area contributed by atoms with Crippen LogP contribution in [0.15, 0.2) is 39.7 Å². The average Bonchev–Trinajstić information content (AvgIpc) is 3.42. The first-order chi connectivity index (χ1) is 19.8. The number of aromatic nitrogens is 4. The van der Waals surface area contributed by atoms with E-state index in [4.69, 9.17) is 4.74 Å². The molecule has 42 heavy (non-hydrogen) atoms. The molecule has 17 heteroatoms. The molecule has 0 spiro atoms. The topological polar surface area (TPSA) is 217 Å². The fraction of sp³-hybridized carbons (Fsp3) is 0.520. The van der Waals surface area contributed by atoms with Crippen LogP contribution in [0.3, 0.4) is 0 Å². The van der Waals surface area contributed by atoms with Crippen LogP contribution in [0.5, 0.6) is 0 Å². The first kappa shape index (κ1) is 31.1. The molecule has 4 rings (SSSR count). The molecular weight excluding hydrogens is 590 g/mol. The third-order valence-electron chi connectivity index (χ3n) is 6.45. The SMILES string of the molecule is CC(C)(C)OC(=O)NCC1=C(CC(=O)NC2C(=O)N3C(C(=O)O)=C(C(CC(=O)O)Sc4nn[nH]n4)CS[C@@H]23)CC=CC1. The molecule has 1 aromatic rings. The molecule has 1 aliphatic carbocycles. The number of H-pyrrole nitrogens is 1. The first-order valence-electron chi connectivity index (χ1n) is 13.0. The second-order valence-corrected chi connectivity index (χ2v) is 12.9. The van der Waals surface area contributed by atoms with Crippen LogP contribution in [0, 0.1) is 0 Å². The number of thioether (sulfide) groups is 2. The van der Waals surface area contributed by atoms with Gasteiger partial charge in [-0.1, -0.05) is 29.5 Å². The lowest BCUT2D eigenvalue weighted by molar-refractivity contribution is -0.150. The number of ether oxygens (including phenoxy) is 1. The second kappa shape index (κ2) is 13.0. The molecule has 15 nitrogen and oxygen atoms in total. The Bertz CT molecular complexity index is 1350. The van der Waals surface area contributed by atoms with Crippen molar-refractivity contribution < 1.29 is 38.9 Å². The van der Waals surface area contributed by atoms with Gasteiger partial charge in [0.25, 0.3) is 5.91 Å². The lowest BCUT2D eigenvalue weighted by Crippen LogP contribution is -2.70. The number of nitrogens with one attached hydrogen (secondary N) is 3. The van der Waals surface area contributed by atoms with Crippen LogP contribution in [0.2, 0.25) is 0 Å². The Labute approximate surface area is 248 Å². The number of carbonyl (C=O) groups is 5. The van der Waals surface area contributed by atoms with Crippen molar-refractivity contribution in [2.75, 3.05) is 12.3 Å². The normalized spacial score (nSPS) is 20.9. The maximum atomic E-state index is 13.2. The standard InChI is InChI=1S/C25H31N7O8S2/c1-25(2,3)40-24(39)26-10-13-7-5-4-6-12(13)8-16(33)27-18-20(36)32-19(22(37)38)14(11-41-21(18)32)15(9-17(34)35)42-23-28-30-31-29-23/h4-5,15,18,21H,6-11H2,1-3H3,(H,26,39)(H,27,33)(H,34,35)(H,37,38)(H,28,29,30,31)/t15?,18?,21-/m0/s1. The molecule has 3 amide bonds. The van der Waals surface area contributed by atoms with Gasteiger partial charge in [0, 0.05) is 24.0 Å². The minimum absolute atomic E-state index is 0.00570. The van der Waals surface area contributed by atoms with E-state index in [1.54, 1.807) is 20.8 Å². The molecule has 2 unspecified atom stereocenters. The Hall–Kier alpha value is -3.86. The molecular formula is C25H31N7O8S2. The number of nitrogens with zero attached hydrogens (tertiary/aromatic N) is 4. The predicted octanol–water partition coefficient (Wildman–Crippen LogP) is 1.44. The summed E-state index contributed by atoms with van der Waals surface area (Å²) in [5.74, 6) is -3.41. The average molecular weight is 622 g/mol. The van der Waals surface area contributed by atoms with Gasteiger partial charge in [0.15, 0.2) is 0 Å². The highest BCUT2D eigenvalue weighted by atomic mass is 32.2. The molecule has 0 aromatic carbocycles. The summed E-state index contributed by atoms with van der Waals surface area (Å²) in [6.07, 6.45) is 3.97. The third kappa shape index (κ3) is 7.50. The molecule has 1 saturated heterocycles. The summed E-state index contributed by atoms with van der Waals surface area (Å²) in [6, 6.07) is -0.941. The van der Waals surface area contributed by atoms with Crippen molar-refractivity contribution in [1.82, 2.24) is 36.2 Å². The van der Waals surface area contributed by atoms with Gasteiger partial charge in [-0.25, -0.2) is 9.59 Å². The number of amides is 3. The molecule has 3 heterocycles. The Kier molecular flexibility index (Phi) is 9.60. The summed E-state index contributed by atoms with van der Waals surface area (Å²) in [5.41, 5.74) is 0.993. The van der Waals surface area contributed by atoms with E-state index in [1.807, 2.05) is 12.2 Å². The first-order valence-corrected chi connectivity index (χ1v) is 14.9. The zero-order valence-electron chi connectivity index (χ0n) is 23.1. The summed E-state index contributed by atoms with van der Waals surface area (Å²) in [7, 11) is 0. The summed E-state index contributed by atoms with van der Waals surface area (Å²) >= 11 is 2.18. The maximum absolute atomic E-state index is 13.2. The Morgan fingerprint density at radius 3 is 2.55 bits per heavy atom. The van der Waals surface area contributed by atoms with Gasteiger partial charge in [-0.2, -0.15) is 5.21 Å². The third-order valence-corrected chi connectivity index (χ3v) is 8.87. The van der Waals surface area contributed by atoms with Gasteiger partial charge in [0.1, 0.15) is 22.7 Å². The van der Waals surface area contributed by atoms with E-state index in [9.17, 15) is 34.2 Å². The van der Waals surface area contributed by atoms with Crippen LogP contribution in [0.1, 0.15) is 46.5 Å². The zero-order valence-corrected chi connectivity index (χ0v) is 24.7. The maximum Gasteiger partial charge on any atom is 0.407 e. The molecule has 3 atom stereocenters. The number of aromatic amines is 1. The summed E-state index contributed by atoms with van der Waals surface area (Å²) in [5, 5.41) is 36.8. The zero-order chi connectivity index (χ0) is 30.6. The van der Waals surface area contributed by atoms with Crippen LogP contribution < -0.4 is 10.6 Å². The molecule has 226 valence electrons. The lowest BCUT2D eigenvalue weighted by atomic mass is 9.93. The van der Waals surface area contributed by atoms with Crippen molar-refractivity contribution in [1.29, 1.82) is 0 Å². The highest BCUT2D eigenvalue weighted by Gasteiger charge is 2.55. The quantitative estimate of drug-likeness (QED) is 0.134. The molecule has 5 N–H and O–H groups in total. The lowest BCUT2D eigenvalue weighted by Gasteiger charge is -2.50. The van der Waals surface area contributed by atoms with Crippen molar-refractivity contribution >= 4 is 53.4 Å². The van der Waals surface area contributed by atoms with Gasteiger partial charge in [-0.05, 0) is 50.0 Å². The van der Waals surface area contributed by atoms with Crippen LogP contribution >= 0.6 is 23.5 Å². The van der Waals surface area contributed by atoms with E-state index >= 15 is 0 Å². The molecule has 1 fully saturated rings. The smallest absolute Gasteiger partial charge is 0.407 e. The van der Waals surface area contributed by atoms with Crippen molar-refractivity contribution in [2.45, 2.75) is 73.9 Å². The number of carbonyl (C=O) groups excluding carboxylic acids is 3. The summed E-state index contributed by atoms with van der Waals surface area (Å²) < 4.78 is 5.27. The van der Waals surface area contributed by atoms with Crippen molar-refractivity contribution in [3.8, 4) is 0 Å². The number of fused-ring (bicyclic) bond motifs is 1. The molecule has 0 saturated carbocycles. The van der Waals surface area contributed by atoms with Gasteiger partial charge in [0.05, 0.1) is 6.42 Å². The number of rotatable bonds is 11. The minimum Gasteiger partial charge on any atom is -0.481 e. The largest absolute Gasteiger partial charge is 0.481 e. The fourth-order valence-corrected chi connectivity index (χ4v) is 7.19. The monoisotopic (exact) mass is 621 g/mol. The van der Waals surface area contributed by atoms with Crippen LogP contribution in [-0.2, 0) is 23.9 Å². The van der Waals surface area contributed by atoms with Crippen molar-refractivity contribution in [2.24, 2.45) is 0 Å². The number of β-lactam (4-membered cyclic amide) rings is 1. The fourth-order valence-electron chi connectivity index (χ4n) is 4.66. The molecule has 1 aromatic heterocycles. The predicted molar refractivity (Wildman–Crippen MR) is 150 cm³/mol. The van der Waals surface area contributed by atoms with E-state index in [0.29, 0.717) is 12.8 Å². The highest BCUT2D eigenvalue weighted by molar-refractivity contribution is 8.01. The second-order valence-electron chi connectivity index (χ2n) is 10.7. The number of carboxylic acids is 2. The Balaban J connectivity index is 1.44. The van der Waals surface area contributed by atoms with Gasteiger partial charge in [0.2, 0.25) is 11.1 Å². The number of hydrogen-bond donors (Lipinski definition) is 5. The molecule has 2 aliphatic heterocycles. The van der Waals surface area contributed by atoms with E-state index in [1.165, 1.54) is 11.8 Å². The summed E-state index contributed by atoms with van der Waals surface area (Å²) in [6.45, 7) is 5.50. The number of carboxylic acid groups (broad SMARTS) is 2. The van der Waals surface area contributed by atoms with Crippen molar-refractivity contribution in [3.63, 3.8) is 0 Å². The van der Waals surface area contributed by atoms with Crippen molar-refractivity contribution in [3.05, 3.63) is 34.6 Å². The number of tetrazole rings is 1. The summed E-state index contributed by atoms with van der Waals surface area (Å²) in [4.78, 5) is 63.2. The van der Waals surface area contributed by atoms with E-state index in [0.717, 1.165) is 27.8 Å². The minimum atomic E-state index is -1.38. The molecule has 0 radical (unpaired) electrons. The van der Waals surface area contributed by atoms with Gasteiger partial charge < -0.3 is 25.6 Å². The Morgan fingerprint density at radius 2 is 1.93 bits per heavy atom.